The molecule has 0 spiro atoms. The van der Waals surface area contributed by atoms with Gasteiger partial charge in [0.2, 0.25) is 10.9 Å². The summed E-state index contributed by atoms with van der Waals surface area (Å²) >= 11 is 0. The highest BCUT2D eigenvalue weighted by Crippen LogP contribution is 1.96. The molecule has 1 aromatic rings. The van der Waals surface area contributed by atoms with Crippen molar-refractivity contribution in [2.24, 2.45) is 0 Å². The molecule has 0 saturated heterocycles. The molecule has 0 aliphatic heterocycles. The van der Waals surface area contributed by atoms with Gasteiger partial charge in [0.05, 0.1) is 8.07 Å². The Balaban J connectivity index is 3.15. The van der Waals surface area contributed by atoms with Crippen molar-refractivity contribution >= 4 is 13.3 Å². The van der Waals surface area contributed by atoms with Gasteiger partial charge in [-0.3, -0.25) is 9.59 Å². The van der Waals surface area contributed by atoms with Gasteiger partial charge in [-0.2, -0.15) is 0 Å². The van der Waals surface area contributed by atoms with Gasteiger partial charge in [0.15, 0.2) is 0 Å². The minimum atomic E-state index is -1.49. The van der Waals surface area contributed by atoms with E-state index in [9.17, 15) is 9.59 Å². The first-order valence-corrected chi connectivity index (χ1v) is 6.74. The lowest BCUT2D eigenvalue weighted by Gasteiger charge is -2.15. The zero-order chi connectivity index (χ0) is 7.94. The van der Waals surface area contributed by atoms with Crippen molar-refractivity contribution in [3.8, 4) is 0 Å². The predicted octanol–water partition coefficient (Wildman–Crippen LogP) is -0.172. The van der Waals surface area contributed by atoms with Crippen LogP contribution in [0.5, 0.6) is 0 Å². The van der Waals surface area contributed by atoms with Crippen LogP contribution in [0.2, 0.25) is 19.6 Å². The van der Waals surface area contributed by atoms with E-state index < -0.39 is 8.07 Å². The van der Waals surface area contributed by atoms with Crippen molar-refractivity contribution in [1.29, 1.82) is 0 Å². The first-order chi connectivity index (χ1) is 4.43. The maximum absolute atomic E-state index is 10.8. The molecule has 1 rings (SSSR count). The van der Waals surface area contributed by atoms with Crippen molar-refractivity contribution < 1.29 is 0 Å². The van der Waals surface area contributed by atoms with Gasteiger partial charge in [-0.05, 0) is 11.3 Å². The Bertz CT molecular complexity index is 312. The second kappa shape index (κ2) is 1.89. The molecule has 0 unspecified atom stereocenters. The van der Waals surface area contributed by atoms with E-state index in [1.807, 2.05) is 0 Å². The van der Waals surface area contributed by atoms with Crippen LogP contribution in [-0.2, 0) is 0 Å². The Hall–Kier alpha value is -0.703. The summed E-state index contributed by atoms with van der Waals surface area (Å²) in [4.78, 5) is 21.3. The van der Waals surface area contributed by atoms with Crippen molar-refractivity contribution in [1.82, 2.24) is 0 Å². The van der Waals surface area contributed by atoms with Crippen LogP contribution in [0.4, 0.5) is 0 Å². The van der Waals surface area contributed by atoms with Crippen LogP contribution in [0.3, 0.4) is 0 Å². The van der Waals surface area contributed by atoms with E-state index in [0.29, 0.717) is 0 Å². The van der Waals surface area contributed by atoms with Crippen molar-refractivity contribution in [3.05, 3.63) is 26.5 Å². The van der Waals surface area contributed by atoms with Gasteiger partial charge in [0, 0.05) is 0 Å². The Morgan fingerprint density at radius 2 is 1.70 bits per heavy atom. The smallest absolute Gasteiger partial charge is 0.225 e. The van der Waals surface area contributed by atoms with Crippen molar-refractivity contribution in [2.45, 2.75) is 19.6 Å². The molecule has 0 fully saturated rings. The minimum absolute atomic E-state index is 0.251. The molecule has 0 amide bonds. The van der Waals surface area contributed by atoms with Crippen LogP contribution in [0.15, 0.2) is 15.7 Å². The standard InChI is InChI=1S/C7H10O2Si/c1-10(2,3)6-4-5(8)7(6)9/h4H,1-3H3. The fourth-order valence-electron chi connectivity index (χ4n) is 0.874. The fraction of sp³-hybridized carbons (Fsp3) is 0.429. The van der Waals surface area contributed by atoms with E-state index in [0.717, 1.165) is 5.19 Å². The average Bonchev–Trinajstić information content (AvgIpc) is 1.79. The SMILES string of the molecule is C[Si](C)(C)c1cc(=O)c1=O. The van der Waals surface area contributed by atoms with Crippen LogP contribution < -0.4 is 16.0 Å². The van der Waals surface area contributed by atoms with E-state index >= 15 is 0 Å². The van der Waals surface area contributed by atoms with Crippen molar-refractivity contribution in [3.63, 3.8) is 0 Å². The van der Waals surface area contributed by atoms with Gasteiger partial charge in [0.25, 0.3) is 0 Å². The summed E-state index contributed by atoms with van der Waals surface area (Å²) in [5.41, 5.74) is -0.573. The van der Waals surface area contributed by atoms with Gasteiger partial charge >= 0.3 is 0 Å². The number of rotatable bonds is 1. The first-order valence-electron chi connectivity index (χ1n) is 3.24. The quantitative estimate of drug-likeness (QED) is 0.415. The third kappa shape index (κ3) is 0.967. The lowest BCUT2D eigenvalue weighted by Crippen LogP contribution is -2.58. The van der Waals surface area contributed by atoms with Gasteiger partial charge in [-0.15, -0.1) is 0 Å². The second-order valence-electron chi connectivity index (χ2n) is 3.50. The molecule has 2 nitrogen and oxygen atoms in total. The second-order valence-corrected chi connectivity index (χ2v) is 8.54. The molecule has 0 aliphatic carbocycles. The monoisotopic (exact) mass is 154 g/mol. The van der Waals surface area contributed by atoms with Crippen LogP contribution in [-0.4, -0.2) is 8.07 Å². The third-order valence-corrected chi connectivity index (χ3v) is 3.54. The summed E-state index contributed by atoms with van der Waals surface area (Å²) in [5.74, 6) is 0. The minimum Gasteiger partial charge on any atom is -0.286 e. The first kappa shape index (κ1) is 7.40. The summed E-state index contributed by atoms with van der Waals surface area (Å²) in [6.45, 7) is 6.18. The highest BCUT2D eigenvalue weighted by Gasteiger charge is 2.24. The molecule has 0 atom stereocenters. The van der Waals surface area contributed by atoms with Crippen LogP contribution in [0.1, 0.15) is 0 Å². The molecule has 0 N–H and O–H groups in total. The van der Waals surface area contributed by atoms with Crippen LogP contribution in [0.25, 0.3) is 0 Å². The van der Waals surface area contributed by atoms with Crippen molar-refractivity contribution in [2.75, 3.05) is 0 Å². The molecule has 0 saturated carbocycles. The summed E-state index contributed by atoms with van der Waals surface area (Å²) < 4.78 is 0. The zero-order valence-electron chi connectivity index (χ0n) is 6.39. The maximum Gasteiger partial charge on any atom is 0.225 e. The number of hydrogen-bond donors (Lipinski definition) is 0. The van der Waals surface area contributed by atoms with E-state index in [2.05, 4.69) is 19.6 Å². The zero-order valence-corrected chi connectivity index (χ0v) is 7.39. The van der Waals surface area contributed by atoms with E-state index in [-0.39, 0.29) is 10.9 Å². The molecule has 0 aliphatic rings. The molecular formula is C7H10O2Si. The summed E-state index contributed by atoms with van der Waals surface area (Å²) in [6, 6.07) is 1.48. The Kier molecular flexibility index (Phi) is 1.40. The molecule has 10 heavy (non-hydrogen) atoms. The lowest BCUT2D eigenvalue weighted by molar-refractivity contribution is 1.45. The normalized spacial score (nSPS) is 12.3. The van der Waals surface area contributed by atoms with Gasteiger partial charge in [-0.25, -0.2) is 0 Å². The molecule has 0 heterocycles. The Labute approximate surface area is 60.2 Å². The summed E-state index contributed by atoms with van der Waals surface area (Å²) in [5, 5.41) is 0.789. The highest BCUT2D eigenvalue weighted by molar-refractivity contribution is 6.88. The molecular weight excluding hydrogens is 144 g/mol. The van der Waals surface area contributed by atoms with Gasteiger partial charge < -0.3 is 0 Å². The Morgan fingerprint density at radius 3 is 1.80 bits per heavy atom. The molecule has 0 bridgehead atoms. The van der Waals surface area contributed by atoms with E-state index in [1.54, 1.807) is 0 Å². The predicted molar refractivity (Wildman–Crippen MR) is 44.3 cm³/mol. The van der Waals surface area contributed by atoms with Gasteiger partial charge in [-0.1, -0.05) is 19.6 Å². The lowest BCUT2D eigenvalue weighted by atomic mass is 10.3. The highest BCUT2D eigenvalue weighted by atomic mass is 28.3. The molecule has 0 aromatic heterocycles. The average molecular weight is 154 g/mol. The molecule has 0 radical (unpaired) electrons. The van der Waals surface area contributed by atoms with Gasteiger partial charge in [0.1, 0.15) is 0 Å². The fourth-order valence-corrected chi connectivity index (χ4v) is 2.24. The topological polar surface area (TPSA) is 34.1 Å². The van der Waals surface area contributed by atoms with E-state index in [4.69, 9.17) is 0 Å². The van der Waals surface area contributed by atoms with E-state index in [1.165, 1.54) is 6.07 Å². The van der Waals surface area contributed by atoms with Crippen LogP contribution >= 0.6 is 0 Å². The van der Waals surface area contributed by atoms with Crippen LogP contribution in [0, 0.1) is 0 Å². The number of hydrogen-bond acceptors (Lipinski definition) is 2. The maximum atomic E-state index is 10.8. The molecule has 54 valence electrons. The largest absolute Gasteiger partial charge is 0.286 e. The molecule has 1 aromatic carbocycles. The third-order valence-electron chi connectivity index (χ3n) is 1.55. The Morgan fingerprint density at radius 1 is 1.20 bits per heavy atom. The summed E-state index contributed by atoms with van der Waals surface area (Å²) in [7, 11) is -1.49. The molecule has 3 heteroatoms. The summed E-state index contributed by atoms with van der Waals surface area (Å²) in [6.07, 6.45) is 0.